The molecular weight excluding hydrogens is 292 g/mol. The molecule has 0 aliphatic heterocycles. The Labute approximate surface area is 125 Å². The van der Waals surface area contributed by atoms with Crippen molar-refractivity contribution in [1.29, 1.82) is 0 Å². The van der Waals surface area contributed by atoms with Gasteiger partial charge in [-0.1, -0.05) is 6.07 Å². The summed E-state index contributed by atoms with van der Waals surface area (Å²) in [5, 5.41) is 13.1. The maximum Gasteiger partial charge on any atom is 0.274 e. The van der Waals surface area contributed by atoms with Crippen molar-refractivity contribution in [3.63, 3.8) is 0 Å². The summed E-state index contributed by atoms with van der Waals surface area (Å²) in [6.45, 7) is 0.707. The van der Waals surface area contributed by atoms with Gasteiger partial charge < -0.3 is 10.1 Å². The average molecular weight is 306 g/mol. The Morgan fingerprint density at radius 1 is 1.14 bits per heavy atom. The van der Waals surface area contributed by atoms with E-state index in [-0.39, 0.29) is 5.91 Å². The zero-order chi connectivity index (χ0) is 15.1. The molecule has 2 aromatic rings. The van der Waals surface area contributed by atoms with Crippen molar-refractivity contribution in [2.75, 3.05) is 13.2 Å². The van der Waals surface area contributed by atoms with E-state index in [4.69, 9.17) is 9.94 Å². The van der Waals surface area contributed by atoms with Gasteiger partial charge in [-0.15, -0.1) is 11.3 Å². The highest BCUT2D eigenvalue weighted by Gasteiger charge is 2.06. The predicted octanol–water partition coefficient (Wildman–Crippen LogP) is 1.68. The minimum atomic E-state index is -0.579. The summed E-state index contributed by atoms with van der Waals surface area (Å²) in [6, 6.07) is 9.87. The van der Waals surface area contributed by atoms with Crippen LogP contribution in [0.3, 0.4) is 0 Å². The first kappa shape index (κ1) is 15.0. The van der Waals surface area contributed by atoms with Gasteiger partial charge in [-0.2, -0.15) is 0 Å². The number of hydrogen-bond donors (Lipinski definition) is 3. The number of ether oxygens (including phenoxy) is 1. The smallest absolute Gasteiger partial charge is 0.274 e. The fourth-order valence-electron chi connectivity index (χ4n) is 1.60. The van der Waals surface area contributed by atoms with E-state index >= 15 is 0 Å². The maximum atomic E-state index is 11.6. The van der Waals surface area contributed by atoms with Crippen LogP contribution in [0.4, 0.5) is 0 Å². The molecule has 1 heterocycles. The van der Waals surface area contributed by atoms with Crippen LogP contribution in [-0.4, -0.2) is 30.2 Å². The molecule has 0 saturated heterocycles. The van der Waals surface area contributed by atoms with Crippen LogP contribution in [0.25, 0.3) is 0 Å². The topological polar surface area (TPSA) is 87.7 Å². The van der Waals surface area contributed by atoms with Crippen molar-refractivity contribution in [3.8, 4) is 5.75 Å². The molecule has 0 spiro atoms. The largest absolute Gasteiger partial charge is 0.492 e. The molecule has 110 valence electrons. The molecule has 0 fully saturated rings. The lowest BCUT2D eigenvalue weighted by Gasteiger charge is -2.07. The third kappa shape index (κ3) is 4.30. The van der Waals surface area contributed by atoms with E-state index in [1.807, 2.05) is 11.4 Å². The van der Waals surface area contributed by atoms with Crippen LogP contribution in [0.1, 0.15) is 20.0 Å². The van der Waals surface area contributed by atoms with E-state index in [2.05, 4.69) is 5.32 Å². The molecule has 2 rings (SSSR count). The number of hydroxylamine groups is 1. The number of hydrogen-bond acceptors (Lipinski definition) is 5. The molecule has 0 unspecified atom stereocenters. The zero-order valence-electron chi connectivity index (χ0n) is 11.0. The summed E-state index contributed by atoms with van der Waals surface area (Å²) in [5.41, 5.74) is 1.88. The minimum absolute atomic E-state index is 0.122. The highest BCUT2D eigenvalue weighted by Crippen LogP contribution is 2.12. The monoisotopic (exact) mass is 306 g/mol. The van der Waals surface area contributed by atoms with Crippen LogP contribution in [-0.2, 0) is 0 Å². The lowest BCUT2D eigenvalue weighted by Crippen LogP contribution is -2.27. The standard InChI is InChI=1S/C14H14N2O4S/c17-13(16-19)10-3-5-11(6-4-10)20-8-7-15-14(18)12-2-1-9-21-12/h1-6,9,19H,7-8H2,(H,15,18)(H,16,17). The number of amides is 2. The van der Waals surface area contributed by atoms with Crippen molar-refractivity contribution in [2.45, 2.75) is 0 Å². The third-order valence-electron chi connectivity index (χ3n) is 2.62. The van der Waals surface area contributed by atoms with Gasteiger partial charge in [0, 0.05) is 5.56 Å². The van der Waals surface area contributed by atoms with Gasteiger partial charge in [-0.25, -0.2) is 5.48 Å². The molecule has 0 bridgehead atoms. The fourth-order valence-corrected chi connectivity index (χ4v) is 2.24. The summed E-state index contributed by atoms with van der Waals surface area (Å²) in [5.74, 6) is -0.122. The van der Waals surface area contributed by atoms with Crippen molar-refractivity contribution in [2.24, 2.45) is 0 Å². The van der Waals surface area contributed by atoms with Gasteiger partial charge >= 0.3 is 0 Å². The van der Waals surface area contributed by atoms with Crippen molar-refractivity contribution < 1.29 is 19.5 Å². The second kappa shape index (κ2) is 7.41. The molecule has 2 amide bonds. The second-order valence-corrected chi connectivity index (χ2v) is 4.99. The first-order chi connectivity index (χ1) is 10.2. The molecule has 1 aromatic carbocycles. The molecule has 0 atom stereocenters. The lowest BCUT2D eigenvalue weighted by molar-refractivity contribution is 0.0706. The van der Waals surface area contributed by atoms with E-state index in [1.54, 1.807) is 23.7 Å². The number of thiophene rings is 1. The van der Waals surface area contributed by atoms with Gasteiger partial charge in [0.05, 0.1) is 11.4 Å². The van der Waals surface area contributed by atoms with E-state index in [1.165, 1.54) is 23.5 Å². The van der Waals surface area contributed by atoms with Gasteiger partial charge in [0.1, 0.15) is 12.4 Å². The first-order valence-electron chi connectivity index (χ1n) is 6.19. The highest BCUT2D eigenvalue weighted by atomic mass is 32.1. The van der Waals surface area contributed by atoms with Gasteiger partial charge in [0.25, 0.3) is 11.8 Å². The summed E-state index contributed by atoms with van der Waals surface area (Å²) >= 11 is 1.38. The minimum Gasteiger partial charge on any atom is -0.492 e. The van der Waals surface area contributed by atoms with Crippen LogP contribution in [0.15, 0.2) is 41.8 Å². The zero-order valence-corrected chi connectivity index (χ0v) is 11.9. The van der Waals surface area contributed by atoms with Crippen LogP contribution in [0, 0.1) is 0 Å². The van der Waals surface area contributed by atoms with Crippen LogP contribution in [0.2, 0.25) is 0 Å². The molecule has 0 aliphatic rings. The Kier molecular flexibility index (Phi) is 5.30. The van der Waals surface area contributed by atoms with E-state index in [0.717, 1.165) is 0 Å². The number of nitrogens with one attached hydrogen (secondary N) is 2. The Hall–Kier alpha value is -2.38. The van der Waals surface area contributed by atoms with Gasteiger partial charge in [-0.05, 0) is 35.7 Å². The molecule has 1 aromatic heterocycles. The molecular formula is C14H14N2O4S. The summed E-state index contributed by atoms with van der Waals surface area (Å²) in [6.07, 6.45) is 0. The number of carbonyl (C=O) groups excluding carboxylic acids is 2. The van der Waals surface area contributed by atoms with E-state index in [9.17, 15) is 9.59 Å². The normalized spacial score (nSPS) is 9.95. The van der Waals surface area contributed by atoms with Crippen molar-refractivity contribution in [3.05, 3.63) is 52.2 Å². The number of benzene rings is 1. The lowest BCUT2D eigenvalue weighted by atomic mass is 10.2. The Morgan fingerprint density at radius 3 is 2.52 bits per heavy atom. The maximum absolute atomic E-state index is 11.6. The summed E-state index contributed by atoms with van der Waals surface area (Å²) < 4.78 is 5.44. The van der Waals surface area contributed by atoms with Crippen LogP contribution in [0.5, 0.6) is 5.75 Å². The van der Waals surface area contributed by atoms with Gasteiger partial charge in [0.15, 0.2) is 0 Å². The summed E-state index contributed by atoms with van der Waals surface area (Å²) in [7, 11) is 0. The van der Waals surface area contributed by atoms with Crippen LogP contribution < -0.4 is 15.5 Å². The average Bonchev–Trinajstić information content (AvgIpc) is 3.05. The Morgan fingerprint density at radius 2 is 1.90 bits per heavy atom. The molecule has 6 nitrogen and oxygen atoms in total. The molecule has 3 N–H and O–H groups in total. The Bertz CT molecular complexity index is 596. The SMILES string of the molecule is O=C(NO)c1ccc(OCCNC(=O)c2cccs2)cc1. The number of rotatable bonds is 6. The molecule has 0 saturated carbocycles. The van der Waals surface area contributed by atoms with Crippen molar-refractivity contribution in [1.82, 2.24) is 10.8 Å². The Balaban J connectivity index is 1.73. The predicted molar refractivity (Wildman–Crippen MR) is 77.8 cm³/mol. The first-order valence-corrected chi connectivity index (χ1v) is 7.07. The molecule has 7 heteroatoms. The molecule has 21 heavy (non-hydrogen) atoms. The fraction of sp³-hybridized carbons (Fsp3) is 0.143. The van der Waals surface area contributed by atoms with Crippen molar-refractivity contribution >= 4 is 23.2 Å². The summed E-state index contributed by atoms with van der Waals surface area (Å²) in [4.78, 5) is 23.4. The highest BCUT2D eigenvalue weighted by molar-refractivity contribution is 7.12. The number of carbonyl (C=O) groups is 2. The molecule has 0 aliphatic carbocycles. The van der Waals surface area contributed by atoms with E-state index in [0.29, 0.717) is 29.3 Å². The van der Waals surface area contributed by atoms with Gasteiger partial charge in [-0.3, -0.25) is 14.8 Å². The molecule has 0 radical (unpaired) electrons. The van der Waals surface area contributed by atoms with Crippen LogP contribution >= 0.6 is 11.3 Å². The van der Waals surface area contributed by atoms with E-state index < -0.39 is 5.91 Å². The van der Waals surface area contributed by atoms with Gasteiger partial charge in [0.2, 0.25) is 0 Å². The third-order valence-corrected chi connectivity index (χ3v) is 3.49. The quantitative estimate of drug-likeness (QED) is 0.430. The second-order valence-electron chi connectivity index (χ2n) is 4.05.